The van der Waals surface area contributed by atoms with Gasteiger partial charge in [0.25, 0.3) is 0 Å². The van der Waals surface area contributed by atoms with Crippen molar-refractivity contribution in [1.82, 2.24) is 9.80 Å². The van der Waals surface area contributed by atoms with Crippen molar-refractivity contribution >= 4 is 23.8 Å². The number of piperidine rings is 1. The van der Waals surface area contributed by atoms with Gasteiger partial charge in [-0.05, 0) is 24.7 Å². The van der Waals surface area contributed by atoms with E-state index in [0.717, 1.165) is 25.4 Å². The van der Waals surface area contributed by atoms with Gasteiger partial charge in [-0.1, -0.05) is 19.3 Å². The second-order valence-electron chi connectivity index (χ2n) is 6.15. The minimum atomic E-state index is -0.879. The highest BCUT2D eigenvalue weighted by molar-refractivity contribution is 7.99. The van der Waals surface area contributed by atoms with Crippen molar-refractivity contribution in [3.05, 3.63) is 0 Å². The van der Waals surface area contributed by atoms with Gasteiger partial charge in [0.05, 0.1) is 5.88 Å². The van der Waals surface area contributed by atoms with Crippen LogP contribution < -0.4 is 0 Å². The predicted octanol–water partition coefficient (Wildman–Crippen LogP) is 2.08. The largest absolute Gasteiger partial charge is 0.480 e. The monoisotopic (exact) mass is 298 g/mol. The first-order valence-corrected chi connectivity index (χ1v) is 8.68. The molecule has 5 nitrogen and oxygen atoms in total. The Balaban J connectivity index is 1.64. The molecule has 0 bridgehead atoms. The number of aliphatic carboxylic acids is 1. The topological polar surface area (TPSA) is 60.9 Å². The van der Waals surface area contributed by atoms with Gasteiger partial charge in [0.1, 0.15) is 6.04 Å². The van der Waals surface area contributed by atoms with Crippen LogP contribution in [0.15, 0.2) is 0 Å². The zero-order chi connectivity index (χ0) is 14.1. The van der Waals surface area contributed by atoms with Crippen LogP contribution in [0.5, 0.6) is 0 Å². The van der Waals surface area contributed by atoms with Crippen LogP contribution in [0.3, 0.4) is 0 Å². The van der Waals surface area contributed by atoms with Crippen LogP contribution >= 0.6 is 11.8 Å². The number of carboxylic acids is 1. The molecule has 0 aromatic carbocycles. The summed E-state index contributed by atoms with van der Waals surface area (Å²) in [6.45, 7) is 1.63. The number of fused-ring (bicyclic) bond motifs is 1. The van der Waals surface area contributed by atoms with Gasteiger partial charge in [0.15, 0.2) is 0 Å². The molecule has 2 heterocycles. The molecule has 1 saturated carbocycles. The fourth-order valence-electron chi connectivity index (χ4n) is 3.79. The summed E-state index contributed by atoms with van der Waals surface area (Å²) >= 11 is 1.53. The van der Waals surface area contributed by atoms with Crippen molar-refractivity contribution in [2.75, 3.05) is 24.7 Å². The molecule has 112 valence electrons. The lowest BCUT2D eigenvalue weighted by Crippen LogP contribution is -2.53. The van der Waals surface area contributed by atoms with Crippen LogP contribution in [0, 0.1) is 11.8 Å². The molecule has 2 amide bonds. The Kier molecular flexibility index (Phi) is 4.10. The number of urea groups is 1. The molecule has 2 aliphatic heterocycles. The van der Waals surface area contributed by atoms with E-state index in [9.17, 15) is 14.7 Å². The first kappa shape index (κ1) is 14.0. The van der Waals surface area contributed by atoms with E-state index in [1.54, 1.807) is 0 Å². The molecule has 3 aliphatic rings. The van der Waals surface area contributed by atoms with Crippen molar-refractivity contribution in [2.45, 2.75) is 38.1 Å². The van der Waals surface area contributed by atoms with Crippen molar-refractivity contribution < 1.29 is 14.7 Å². The molecular formula is C14H22N2O3S. The fraction of sp³-hybridized carbons (Fsp3) is 0.857. The number of amides is 2. The fourth-order valence-corrected chi connectivity index (χ4v) is 4.93. The third-order valence-electron chi connectivity index (χ3n) is 4.97. The Morgan fingerprint density at radius 3 is 2.60 bits per heavy atom. The maximum Gasteiger partial charge on any atom is 0.327 e. The molecule has 0 spiro atoms. The van der Waals surface area contributed by atoms with Crippen molar-refractivity contribution in [1.29, 1.82) is 0 Å². The van der Waals surface area contributed by atoms with Gasteiger partial charge in [-0.2, -0.15) is 0 Å². The number of rotatable bonds is 1. The lowest BCUT2D eigenvalue weighted by Gasteiger charge is -2.42. The minimum Gasteiger partial charge on any atom is -0.480 e. The molecule has 3 fully saturated rings. The Hall–Kier alpha value is -0.910. The van der Waals surface area contributed by atoms with E-state index in [-0.39, 0.29) is 6.03 Å². The predicted molar refractivity (Wildman–Crippen MR) is 77.6 cm³/mol. The molecule has 3 unspecified atom stereocenters. The van der Waals surface area contributed by atoms with E-state index in [4.69, 9.17) is 0 Å². The van der Waals surface area contributed by atoms with Crippen molar-refractivity contribution in [3.8, 4) is 0 Å². The van der Waals surface area contributed by atoms with E-state index < -0.39 is 12.0 Å². The SMILES string of the molecule is O=C(O)C1CSCN1C(=O)N1CCC2CCCCC2C1. The van der Waals surface area contributed by atoms with Gasteiger partial charge < -0.3 is 14.9 Å². The third kappa shape index (κ3) is 2.62. The molecule has 3 atom stereocenters. The number of carboxylic acid groups (broad SMARTS) is 1. The number of carbonyl (C=O) groups is 2. The second kappa shape index (κ2) is 5.84. The average Bonchev–Trinajstić information content (AvgIpc) is 2.95. The summed E-state index contributed by atoms with van der Waals surface area (Å²) in [5.74, 6) is 1.58. The van der Waals surface area contributed by atoms with Gasteiger partial charge in [0, 0.05) is 18.8 Å². The summed E-state index contributed by atoms with van der Waals surface area (Å²) in [6, 6.07) is -0.706. The lowest BCUT2D eigenvalue weighted by molar-refractivity contribution is -0.141. The Morgan fingerprint density at radius 2 is 1.85 bits per heavy atom. The first-order chi connectivity index (χ1) is 9.66. The molecule has 0 aromatic heterocycles. The smallest absolute Gasteiger partial charge is 0.327 e. The average molecular weight is 298 g/mol. The third-order valence-corrected chi connectivity index (χ3v) is 5.99. The molecular weight excluding hydrogens is 276 g/mol. The van der Waals surface area contributed by atoms with E-state index >= 15 is 0 Å². The van der Waals surface area contributed by atoms with Crippen molar-refractivity contribution in [2.24, 2.45) is 11.8 Å². The number of hydrogen-bond acceptors (Lipinski definition) is 3. The molecule has 0 radical (unpaired) electrons. The highest BCUT2D eigenvalue weighted by atomic mass is 32.2. The summed E-state index contributed by atoms with van der Waals surface area (Å²) in [5.41, 5.74) is 0. The first-order valence-electron chi connectivity index (χ1n) is 7.53. The van der Waals surface area contributed by atoms with Crippen LogP contribution in [0.25, 0.3) is 0 Å². The summed E-state index contributed by atoms with van der Waals surface area (Å²) in [5, 5.41) is 9.19. The number of likely N-dealkylation sites (tertiary alicyclic amines) is 1. The number of thioether (sulfide) groups is 1. The standard InChI is InChI=1S/C14H22N2O3S/c17-13(18)12-8-20-9-16(12)14(19)15-6-5-10-3-1-2-4-11(10)7-15/h10-12H,1-9H2,(H,17,18). The minimum absolute atomic E-state index is 0.0635. The van der Waals surface area contributed by atoms with E-state index in [1.165, 1.54) is 42.3 Å². The van der Waals surface area contributed by atoms with Gasteiger partial charge in [0.2, 0.25) is 0 Å². The molecule has 2 saturated heterocycles. The highest BCUT2D eigenvalue weighted by Gasteiger charge is 2.39. The summed E-state index contributed by atoms with van der Waals surface area (Å²) < 4.78 is 0. The lowest BCUT2D eigenvalue weighted by atomic mass is 9.75. The zero-order valence-corrected chi connectivity index (χ0v) is 12.5. The van der Waals surface area contributed by atoms with E-state index in [2.05, 4.69) is 0 Å². The Labute approximate surface area is 123 Å². The molecule has 3 rings (SSSR count). The molecule has 0 aromatic rings. The Bertz CT molecular complexity index is 404. The normalized spacial score (nSPS) is 33.9. The van der Waals surface area contributed by atoms with Crippen LogP contribution in [0.4, 0.5) is 4.79 Å². The quantitative estimate of drug-likeness (QED) is 0.805. The molecule has 6 heteroatoms. The van der Waals surface area contributed by atoms with Gasteiger partial charge in [-0.15, -0.1) is 11.8 Å². The number of carbonyl (C=O) groups excluding carboxylic acids is 1. The van der Waals surface area contributed by atoms with Crippen LogP contribution in [-0.4, -0.2) is 57.7 Å². The second-order valence-corrected chi connectivity index (χ2v) is 7.15. The maximum atomic E-state index is 12.6. The number of hydrogen-bond donors (Lipinski definition) is 1. The van der Waals surface area contributed by atoms with Gasteiger partial charge in [-0.3, -0.25) is 0 Å². The van der Waals surface area contributed by atoms with Gasteiger partial charge in [-0.25, -0.2) is 9.59 Å². The van der Waals surface area contributed by atoms with E-state index in [1.807, 2.05) is 4.90 Å². The zero-order valence-electron chi connectivity index (χ0n) is 11.7. The van der Waals surface area contributed by atoms with E-state index in [0.29, 0.717) is 17.5 Å². The summed E-state index contributed by atoms with van der Waals surface area (Å²) in [6.07, 6.45) is 6.24. The molecule has 20 heavy (non-hydrogen) atoms. The highest BCUT2D eigenvalue weighted by Crippen LogP contribution is 2.36. The Morgan fingerprint density at radius 1 is 1.10 bits per heavy atom. The van der Waals surface area contributed by atoms with Gasteiger partial charge >= 0.3 is 12.0 Å². The maximum absolute atomic E-state index is 12.6. The molecule has 1 N–H and O–H groups in total. The van der Waals surface area contributed by atoms with Crippen LogP contribution in [0.1, 0.15) is 32.1 Å². The number of nitrogens with zero attached hydrogens (tertiary/aromatic N) is 2. The molecule has 1 aliphatic carbocycles. The summed E-state index contributed by atoms with van der Waals surface area (Å²) in [4.78, 5) is 27.2. The van der Waals surface area contributed by atoms with Crippen molar-refractivity contribution in [3.63, 3.8) is 0 Å². The summed E-state index contributed by atoms with van der Waals surface area (Å²) in [7, 11) is 0. The van der Waals surface area contributed by atoms with Crippen LogP contribution in [0.2, 0.25) is 0 Å². The van der Waals surface area contributed by atoms with Crippen LogP contribution in [-0.2, 0) is 4.79 Å².